The Bertz CT molecular complexity index is 1170. The predicted molar refractivity (Wildman–Crippen MR) is 326 cm³/mol. The maximum absolute atomic E-state index is 12.9. The van der Waals surface area contributed by atoms with Gasteiger partial charge in [-0.15, -0.1) is 0 Å². The van der Waals surface area contributed by atoms with Gasteiger partial charge in [0.25, 0.3) is 0 Å². The zero-order valence-corrected chi connectivity index (χ0v) is 51.1. The first-order valence-corrected chi connectivity index (χ1v) is 34.2. The van der Waals surface area contributed by atoms with Crippen LogP contribution in [0.5, 0.6) is 0 Å². The summed E-state index contributed by atoms with van der Waals surface area (Å²) in [6.45, 7) is 6.73. The summed E-state index contributed by atoms with van der Waals surface area (Å²) in [6, 6.07) is 0. The smallest absolute Gasteiger partial charge is 0.306 e. The van der Waals surface area contributed by atoms with Crippen molar-refractivity contribution in [1.29, 1.82) is 0 Å². The van der Waals surface area contributed by atoms with E-state index >= 15 is 0 Å². The van der Waals surface area contributed by atoms with Crippen LogP contribution in [-0.4, -0.2) is 37.2 Å². The molecule has 0 saturated heterocycles. The Morgan fingerprint density at radius 3 is 0.667 bits per heavy atom. The average Bonchev–Trinajstić information content (AvgIpc) is 3.41. The number of allylic oxidation sites excluding steroid dienone is 2. The van der Waals surface area contributed by atoms with E-state index in [4.69, 9.17) is 14.2 Å². The summed E-state index contributed by atoms with van der Waals surface area (Å²) in [5.74, 6) is -0.828. The van der Waals surface area contributed by atoms with Crippen molar-refractivity contribution >= 4 is 17.9 Å². The highest BCUT2D eigenvalue weighted by molar-refractivity contribution is 5.71. The Morgan fingerprint density at radius 2 is 0.440 bits per heavy atom. The second kappa shape index (κ2) is 64.7. The SMILES string of the molecule is CCCCCCCC/C=C\CCCCCCCCCCCCCC(=O)OC(COC(=O)CCCCCCCCCCCCCCCCCCC)COC(=O)CCCCCCCCCCCCCCCCCCCCC. The summed E-state index contributed by atoms with van der Waals surface area (Å²) in [6.07, 6.45) is 76.5. The van der Waals surface area contributed by atoms with Crippen LogP contribution < -0.4 is 0 Å². The second-order valence-corrected chi connectivity index (χ2v) is 23.5. The van der Waals surface area contributed by atoms with Gasteiger partial charge in [0.05, 0.1) is 0 Å². The lowest BCUT2D eigenvalue weighted by Gasteiger charge is -2.18. The number of esters is 3. The van der Waals surface area contributed by atoms with E-state index < -0.39 is 6.10 Å². The van der Waals surface area contributed by atoms with Crippen LogP contribution in [-0.2, 0) is 28.6 Å². The van der Waals surface area contributed by atoms with E-state index in [9.17, 15) is 14.4 Å². The van der Waals surface area contributed by atoms with Gasteiger partial charge in [-0.3, -0.25) is 14.4 Å². The van der Waals surface area contributed by atoms with E-state index in [1.54, 1.807) is 0 Å². The molecule has 444 valence electrons. The highest BCUT2D eigenvalue weighted by atomic mass is 16.6. The van der Waals surface area contributed by atoms with Gasteiger partial charge >= 0.3 is 17.9 Å². The molecule has 0 aromatic rings. The molecule has 0 heterocycles. The van der Waals surface area contributed by atoms with Crippen molar-refractivity contribution in [1.82, 2.24) is 0 Å². The highest BCUT2D eigenvalue weighted by Gasteiger charge is 2.19. The first-order valence-electron chi connectivity index (χ1n) is 34.2. The number of unbranched alkanes of at least 4 members (excludes halogenated alkanes) is 51. The zero-order chi connectivity index (χ0) is 54.3. The topological polar surface area (TPSA) is 78.9 Å². The minimum atomic E-state index is -0.766. The number of carbonyl (C=O) groups is 3. The summed E-state index contributed by atoms with van der Waals surface area (Å²) in [4.78, 5) is 38.4. The van der Waals surface area contributed by atoms with Crippen LogP contribution in [0.3, 0.4) is 0 Å². The maximum atomic E-state index is 12.9. The molecule has 0 amide bonds. The van der Waals surface area contributed by atoms with Crippen LogP contribution in [0.15, 0.2) is 12.2 Å². The number of rotatable bonds is 64. The van der Waals surface area contributed by atoms with Crippen LogP contribution in [0.1, 0.15) is 393 Å². The Morgan fingerprint density at radius 1 is 0.253 bits per heavy atom. The van der Waals surface area contributed by atoms with Crippen molar-refractivity contribution in [2.24, 2.45) is 0 Å². The van der Waals surface area contributed by atoms with Crippen LogP contribution >= 0.6 is 0 Å². The molecule has 0 aliphatic heterocycles. The summed E-state index contributed by atoms with van der Waals surface area (Å²) < 4.78 is 17.0. The number of hydrogen-bond acceptors (Lipinski definition) is 6. The van der Waals surface area contributed by atoms with Gasteiger partial charge in [-0.25, -0.2) is 0 Å². The lowest BCUT2D eigenvalue weighted by atomic mass is 10.0. The third-order valence-electron chi connectivity index (χ3n) is 15.8. The molecular formula is C69H132O6. The quantitative estimate of drug-likeness (QED) is 0.0261. The summed E-state index contributed by atoms with van der Waals surface area (Å²) in [5.41, 5.74) is 0. The molecule has 0 spiro atoms. The summed E-state index contributed by atoms with van der Waals surface area (Å²) in [5, 5.41) is 0. The lowest BCUT2D eigenvalue weighted by molar-refractivity contribution is -0.167. The molecule has 0 aliphatic rings. The molecule has 75 heavy (non-hydrogen) atoms. The third kappa shape index (κ3) is 62.9. The van der Waals surface area contributed by atoms with Crippen molar-refractivity contribution in [3.05, 3.63) is 12.2 Å². The van der Waals surface area contributed by atoms with Crippen molar-refractivity contribution < 1.29 is 28.6 Å². The minimum Gasteiger partial charge on any atom is -0.462 e. The molecule has 1 atom stereocenters. The summed E-state index contributed by atoms with van der Waals surface area (Å²) in [7, 11) is 0. The van der Waals surface area contributed by atoms with Gasteiger partial charge in [-0.05, 0) is 44.9 Å². The molecule has 0 N–H and O–H groups in total. The molecule has 6 nitrogen and oxygen atoms in total. The Kier molecular flexibility index (Phi) is 63.1. The fraction of sp³-hybridized carbons (Fsp3) is 0.928. The fourth-order valence-electron chi connectivity index (χ4n) is 10.6. The normalized spacial score (nSPS) is 12.0. The average molecular weight is 1060 g/mol. The highest BCUT2D eigenvalue weighted by Crippen LogP contribution is 2.19. The van der Waals surface area contributed by atoms with Gasteiger partial charge in [-0.1, -0.05) is 341 Å². The first-order chi connectivity index (χ1) is 37.0. The van der Waals surface area contributed by atoms with Crippen LogP contribution in [0, 0.1) is 0 Å². The van der Waals surface area contributed by atoms with Crippen LogP contribution in [0.2, 0.25) is 0 Å². The molecule has 0 aromatic heterocycles. The molecule has 0 saturated carbocycles. The van der Waals surface area contributed by atoms with Crippen molar-refractivity contribution in [2.45, 2.75) is 399 Å². The Balaban J connectivity index is 4.29. The molecule has 0 radical (unpaired) electrons. The minimum absolute atomic E-state index is 0.0630. The molecule has 6 heteroatoms. The van der Waals surface area contributed by atoms with Gasteiger partial charge in [0.15, 0.2) is 6.10 Å². The van der Waals surface area contributed by atoms with Gasteiger partial charge < -0.3 is 14.2 Å². The van der Waals surface area contributed by atoms with E-state index in [0.717, 1.165) is 57.8 Å². The Hall–Kier alpha value is -1.85. The van der Waals surface area contributed by atoms with E-state index in [-0.39, 0.29) is 31.1 Å². The lowest BCUT2D eigenvalue weighted by Crippen LogP contribution is -2.30. The standard InChI is InChI=1S/C69H132O6/c1-4-7-10-13-16-19-22-25-28-31-33-34-36-39-42-45-48-51-54-57-60-63-69(72)75-66(64-73-67(70)61-58-55-52-49-46-43-40-37-30-27-24-21-18-15-12-9-6-3)65-74-68(71)62-59-56-53-50-47-44-41-38-35-32-29-26-23-20-17-14-11-8-5-2/h25,28,66H,4-24,26-27,29-65H2,1-3H3/b28-25-. The van der Waals surface area contributed by atoms with E-state index in [2.05, 4.69) is 32.9 Å². The number of carbonyl (C=O) groups excluding carboxylic acids is 3. The maximum Gasteiger partial charge on any atom is 0.306 e. The van der Waals surface area contributed by atoms with E-state index in [1.807, 2.05) is 0 Å². The molecule has 1 unspecified atom stereocenters. The molecule has 0 aliphatic carbocycles. The second-order valence-electron chi connectivity index (χ2n) is 23.5. The van der Waals surface area contributed by atoms with Crippen LogP contribution in [0.25, 0.3) is 0 Å². The van der Waals surface area contributed by atoms with Crippen molar-refractivity contribution in [3.63, 3.8) is 0 Å². The van der Waals surface area contributed by atoms with E-state index in [1.165, 1.54) is 295 Å². The monoisotopic (exact) mass is 1060 g/mol. The van der Waals surface area contributed by atoms with Gasteiger partial charge in [0.2, 0.25) is 0 Å². The van der Waals surface area contributed by atoms with Gasteiger partial charge in [0.1, 0.15) is 13.2 Å². The van der Waals surface area contributed by atoms with Crippen molar-refractivity contribution in [3.8, 4) is 0 Å². The molecule has 0 rings (SSSR count). The summed E-state index contributed by atoms with van der Waals surface area (Å²) >= 11 is 0. The number of ether oxygens (including phenoxy) is 3. The molecule has 0 fully saturated rings. The number of hydrogen-bond donors (Lipinski definition) is 0. The van der Waals surface area contributed by atoms with Gasteiger partial charge in [0, 0.05) is 19.3 Å². The fourth-order valence-corrected chi connectivity index (χ4v) is 10.6. The van der Waals surface area contributed by atoms with Gasteiger partial charge in [-0.2, -0.15) is 0 Å². The Labute approximate surface area is 469 Å². The predicted octanol–water partition coefficient (Wildman–Crippen LogP) is 23.2. The van der Waals surface area contributed by atoms with E-state index in [0.29, 0.717) is 19.3 Å². The molecular weight excluding hydrogens is 925 g/mol. The first kappa shape index (κ1) is 73.2. The molecule has 0 aromatic carbocycles. The largest absolute Gasteiger partial charge is 0.462 e. The zero-order valence-electron chi connectivity index (χ0n) is 51.1. The van der Waals surface area contributed by atoms with Crippen molar-refractivity contribution in [2.75, 3.05) is 13.2 Å². The molecule has 0 bridgehead atoms. The third-order valence-corrected chi connectivity index (χ3v) is 15.8. The van der Waals surface area contributed by atoms with Crippen LogP contribution in [0.4, 0.5) is 0 Å².